The summed E-state index contributed by atoms with van der Waals surface area (Å²) in [7, 11) is 0. The van der Waals surface area contributed by atoms with Gasteiger partial charge in [-0.3, -0.25) is 9.59 Å². The molecule has 3 aromatic rings. The van der Waals surface area contributed by atoms with E-state index < -0.39 is 35.2 Å². The van der Waals surface area contributed by atoms with E-state index in [2.05, 4.69) is 10.6 Å². The number of hydrogen-bond acceptors (Lipinski definition) is 8. The summed E-state index contributed by atoms with van der Waals surface area (Å²) in [4.78, 5) is 53.4. The fourth-order valence-electron chi connectivity index (χ4n) is 4.43. The van der Waals surface area contributed by atoms with Crippen LogP contribution in [0.15, 0.2) is 60.7 Å². The average Bonchev–Trinajstić information content (AvgIpc) is 2.94. The summed E-state index contributed by atoms with van der Waals surface area (Å²) in [5, 5.41) is 25.6. The largest absolute Gasteiger partial charge is 0.508 e. The third kappa shape index (κ3) is 10.1. The number of anilines is 2. The van der Waals surface area contributed by atoms with Crippen molar-refractivity contribution in [1.29, 1.82) is 5.26 Å². The van der Waals surface area contributed by atoms with E-state index >= 15 is 0 Å². The van der Waals surface area contributed by atoms with E-state index in [0.717, 1.165) is 10.5 Å². The van der Waals surface area contributed by atoms with E-state index in [1.807, 2.05) is 39.0 Å². The van der Waals surface area contributed by atoms with Gasteiger partial charge in [0.15, 0.2) is 0 Å². The van der Waals surface area contributed by atoms with Crippen molar-refractivity contribution in [2.24, 2.45) is 0 Å². The van der Waals surface area contributed by atoms with Crippen molar-refractivity contribution in [3.63, 3.8) is 0 Å². The number of hydrogen-bond donors (Lipinski definition) is 3. The molecule has 248 valence electrons. The Labute approximate surface area is 275 Å². The topological polar surface area (TPSA) is 158 Å². The molecule has 0 radical (unpaired) electrons. The molecular formula is C36H42N4O7. The molecule has 0 saturated carbocycles. The Morgan fingerprint density at radius 2 is 1.34 bits per heavy atom. The third-order valence-corrected chi connectivity index (χ3v) is 6.53. The minimum Gasteiger partial charge on any atom is -0.508 e. The van der Waals surface area contributed by atoms with Crippen LogP contribution in [0.25, 0.3) is 0 Å². The molecule has 3 rings (SSSR count). The fourth-order valence-corrected chi connectivity index (χ4v) is 4.43. The second-order valence-electron chi connectivity index (χ2n) is 14.0. The molecule has 11 heteroatoms. The molecule has 0 aromatic heterocycles. The summed E-state index contributed by atoms with van der Waals surface area (Å²) in [6.45, 7) is 15.6. The quantitative estimate of drug-likeness (QED) is 0.230. The van der Waals surface area contributed by atoms with Gasteiger partial charge in [0.05, 0.1) is 29.6 Å². The van der Waals surface area contributed by atoms with Gasteiger partial charge < -0.3 is 25.2 Å². The van der Waals surface area contributed by atoms with E-state index in [9.17, 15) is 29.5 Å². The molecule has 0 aliphatic heterocycles. The van der Waals surface area contributed by atoms with Crippen molar-refractivity contribution >= 4 is 35.4 Å². The Kier molecular flexibility index (Phi) is 10.7. The summed E-state index contributed by atoms with van der Waals surface area (Å²) >= 11 is 0. The lowest BCUT2D eigenvalue weighted by molar-refractivity contribution is -0.000302. The molecule has 3 aromatic carbocycles. The number of phenols is 1. The van der Waals surface area contributed by atoms with Crippen LogP contribution in [0.3, 0.4) is 0 Å². The highest BCUT2D eigenvalue weighted by Crippen LogP contribution is 2.30. The Morgan fingerprint density at radius 1 is 0.766 bits per heavy atom. The Hall–Kier alpha value is -5.37. The predicted octanol–water partition coefficient (Wildman–Crippen LogP) is 7.74. The molecule has 11 nitrogen and oxygen atoms in total. The zero-order valence-corrected chi connectivity index (χ0v) is 28.3. The summed E-state index contributed by atoms with van der Waals surface area (Å²) in [5.74, 6) is -1.16. The van der Waals surface area contributed by atoms with Gasteiger partial charge in [-0.25, -0.2) is 14.5 Å². The second kappa shape index (κ2) is 14.0. The molecule has 0 aliphatic rings. The third-order valence-electron chi connectivity index (χ3n) is 6.53. The van der Waals surface area contributed by atoms with E-state index in [-0.39, 0.29) is 45.8 Å². The maximum absolute atomic E-state index is 13.4. The molecule has 0 spiro atoms. The first-order chi connectivity index (χ1) is 21.7. The lowest BCUT2D eigenvalue weighted by Gasteiger charge is -2.28. The van der Waals surface area contributed by atoms with Gasteiger partial charge in [-0.1, -0.05) is 45.0 Å². The SMILES string of the molecule is CC(C)(C)OC(=O)N(Cc1ccc(C(=O)Nc2ccc(O)cc2NC(=O)c2ccccc2C(C)(C)C)cc1C#N)C(=O)OC(C)(C)C. The molecule has 0 unspecified atom stereocenters. The van der Waals surface area contributed by atoms with Crippen molar-refractivity contribution in [2.75, 3.05) is 10.6 Å². The van der Waals surface area contributed by atoms with Crippen LogP contribution in [0.5, 0.6) is 5.75 Å². The Balaban J connectivity index is 1.89. The average molecular weight is 643 g/mol. The van der Waals surface area contributed by atoms with Gasteiger partial charge in [0.25, 0.3) is 11.8 Å². The number of ether oxygens (including phenoxy) is 2. The molecule has 0 heterocycles. The Bertz CT molecular complexity index is 1690. The molecule has 0 bridgehead atoms. The number of phenolic OH excluding ortho intramolecular Hbond substituents is 1. The molecule has 47 heavy (non-hydrogen) atoms. The van der Waals surface area contributed by atoms with E-state index in [4.69, 9.17) is 9.47 Å². The van der Waals surface area contributed by atoms with Gasteiger partial charge in [-0.15, -0.1) is 0 Å². The normalized spacial score (nSPS) is 11.6. The number of nitriles is 1. The summed E-state index contributed by atoms with van der Waals surface area (Å²) in [6.07, 6.45) is -1.91. The van der Waals surface area contributed by atoms with E-state index in [1.54, 1.807) is 53.7 Å². The van der Waals surface area contributed by atoms with Gasteiger partial charge in [0, 0.05) is 17.2 Å². The van der Waals surface area contributed by atoms with Gasteiger partial charge in [0.1, 0.15) is 17.0 Å². The van der Waals surface area contributed by atoms with Gasteiger partial charge >= 0.3 is 12.2 Å². The molecule has 0 saturated heterocycles. The minimum atomic E-state index is -0.954. The molecule has 0 atom stereocenters. The number of amides is 4. The second-order valence-corrected chi connectivity index (χ2v) is 14.0. The van der Waals surface area contributed by atoms with Crippen LogP contribution in [0, 0.1) is 11.3 Å². The molecule has 3 N–H and O–H groups in total. The van der Waals surface area contributed by atoms with Crippen LogP contribution in [0.1, 0.15) is 99.7 Å². The standard InChI is InChI=1S/C36H42N4O7/c1-34(2,3)27-13-11-10-12-26(27)31(43)39-29-19-25(41)16-17-28(29)38-30(42)22-14-15-23(24(18-22)20-37)21-40(32(44)46-35(4,5)6)33(45)47-36(7,8)9/h10-19,41H,21H2,1-9H3,(H,38,42)(H,39,43). The summed E-state index contributed by atoms with van der Waals surface area (Å²) in [6, 6.07) is 17.5. The van der Waals surface area contributed by atoms with Crippen molar-refractivity contribution in [1.82, 2.24) is 4.90 Å². The minimum absolute atomic E-state index is 0.0350. The summed E-state index contributed by atoms with van der Waals surface area (Å²) < 4.78 is 10.8. The van der Waals surface area contributed by atoms with Crippen molar-refractivity contribution in [2.45, 2.75) is 85.5 Å². The maximum atomic E-state index is 13.4. The van der Waals surface area contributed by atoms with Crippen LogP contribution in [-0.2, 0) is 21.4 Å². The number of carbonyl (C=O) groups is 4. The summed E-state index contributed by atoms with van der Waals surface area (Å²) in [5.41, 5.74) is -0.0812. The van der Waals surface area contributed by atoms with Crippen LogP contribution in [-0.4, -0.2) is 45.2 Å². The maximum Gasteiger partial charge on any atom is 0.420 e. The van der Waals surface area contributed by atoms with Crippen LogP contribution >= 0.6 is 0 Å². The lowest BCUT2D eigenvalue weighted by Crippen LogP contribution is -2.43. The van der Waals surface area contributed by atoms with Crippen LogP contribution < -0.4 is 10.6 Å². The number of rotatable bonds is 6. The van der Waals surface area contributed by atoms with Crippen LogP contribution in [0.4, 0.5) is 21.0 Å². The first-order valence-electron chi connectivity index (χ1n) is 15.0. The first-order valence-corrected chi connectivity index (χ1v) is 15.0. The highest BCUT2D eigenvalue weighted by atomic mass is 16.6. The zero-order chi connectivity index (χ0) is 35.3. The molecular weight excluding hydrogens is 600 g/mol. The fraction of sp³-hybridized carbons (Fsp3) is 0.361. The van der Waals surface area contributed by atoms with E-state index in [0.29, 0.717) is 5.56 Å². The van der Waals surface area contributed by atoms with Crippen molar-refractivity contribution in [3.05, 3.63) is 88.5 Å². The monoisotopic (exact) mass is 642 g/mol. The van der Waals surface area contributed by atoms with Gasteiger partial charge in [0.2, 0.25) is 0 Å². The number of carbonyl (C=O) groups excluding carboxylic acids is 4. The predicted molar refractivity (Wildman–Crippen MR) is 178 cm³/mol. The smallest absolute Gasteiger partial charge is 0.420 e. The highest BCUT2D eigenvalue weighted by Gasteiger charge is 2.32. The lowest BCUT2D eigenvalue weighted by atomic mass is 9.83. The molecule has 4 amide bonds. The van der Waals surface area contributed by atoms with Crippen LogP contribution in [0.2, 0.25) is 0 Å². The number of benzene rings is 3. The number of nitrogens with zero attached hydrogens (tertiary/aromatic N) is 2. The Morgan fingerprint density at radius 3 is 1.89 bits per heavy atom. The first kappa shape index (κ1) is 36.1. The van der Waals surface area contributed by atoms with Crippen molar-refractivity contribution < 1.29 is 33.8 Å². The number of aromatic hydroxyl groups is 1. The number of nitrogens with one attached hydrogen (secondary N) is 2. The molecule has 0 fully saturated rings. The zero-order valence-electron chi connectivity index (χ0n) is 28.3. The van der Waals surface area contributed by atoms with Gasteiger partial charge in [-0.05, 0) is 88.4 Å². The van der Waals surface area contributed by atoms with Gasteiger partial charge in [-0.2, -0.15) is 5.26 Å². The van der Waals surface area contributed by atoms with Crippen molar-refractivity contribution in [3.8, 4) is 11.8 Å². The molecule has 0 aliphatic carbocycles. The highest BCUT2D eigenvalue weighted by molar-refractivity contribution is 6.10. The number of imide groups is 1. The van der Waals surface area contributed by atoms with E-state index in [1.165, 1.54) is 36.4 Å².